The lowest BCUT2D eigenvalue weighted by Crippen LogP contribution is -2.29. The summed E-state index contributed by atoms with van der Waals surface area (Å²) in [4.78, 5) is 13.0. The van der Waals surface area contributed by atoms with E-state index in [1.807, 2.05) is 24.3 Å². The standard InChI is InChI=1S/C11H16N2O2/c1-13(11(14)8-15-2)7-9-4-3-5-10(12)6-9/h3-6H,7-8,12H2,1-2H3. The fraction of sp³-hybridized carbons (Fsp3) is 0.364. The summed E-state index contributed by atoms with van der Waals surface area (Å²) in [6, 6.07) is 7.49. The minimum atomic E-state index is -0.0417. The zero-order chi connectivity index (χ0) is 11.3. The molecule has 0 aliphatic rings. The van der Waals surface area contributed by atoms with Crippen LogP contribution in [0.3, 0.4) is 0 Å². The summed E-state index contributed by atoms with van der Waals surface area (Å²) in [5.74, 6) is -0.0417. The van der Waals surface area contributed by atoms with E-state index in [-0.39, 0.29) is 12.5 Å². The number of nitrogen functional groups attached to an aromatic ring is 1. The van der Waals surface area contributed by atoms with E-state index in [1.165, 1.54) is 7.11 Å². The predicted octanol–water partition coefficient (Wildman–Crippen LogP) is 0.874. The summed E-state index contributed by atoms with van der Waals surface area (Å²) in [6.07, 6.45) is 0. The van der Waals surface area contributed by atoms with Crippen LogP contribution < -0.4 is 5.73 Å². The number of nitrogens with zero attached hydrogens (tertiary/aromatic N) is 1. The minimum absolute atomic E-state index is 0.0417. The van der Waals surface area contributed by atoms with Crippen molar-refractivity contribution < 1.29 is 9.53 Å². The highest BCUT2D eigenvalue weighted by Crippen LogP contribution is 2.08. The molecule has 0 fully saturated rings. The fourth-order valence-electron chi connectivity index (χ4n) is 1.29. The molecule has 1 aromatic carbocycles. The number of nitrogens with two attached hydrogens (primary N) is 1. The van der Waals surface area contributed by atoms with Crippen molar-refractivity contribution in [3.8, 4) is 0 Å². The summed E-state index contributed by atoms with van der Waals surface area (Å²) in [7, 11) is 3.25. The van der Waals surface area contributed by atoms with Crippen LogP contribution >= 0.6 is 0 Å². The van der Waals surface area contributed by atoms with Gasteiger partial charge in [0.25, 0.3) is 0 Å². The predicted molar refractivity (Wildman–Crippen MR) is 59.2 cm³/mol. The van der Waals surface area contributed by atoms with Gasteiger partial charge in [-0.2, -0.15) is 0 Å². The molecule has 0 unspecified atom stereocenters. The van der Waals surface area contributed by atoms with Crippen molar-refractivity contribution in [1.29, 1.82) is 0 Å². The molecule has 0 aliphatic carbocycles. The monoisotopic (exact) mass is 208 g/mol. The summed E-state index contributed by atoms with van der Waals surface area (Å²) in [6.45, 7) is 0.659. The molecular formula is C11H16N2O2. The van der Waals surface area contributed by atoms with E-state index in [0.717, 1.165) is 5.56 Å². The van der Waals surface area contributed by atoms with Gasteiger partial charge in [0.15, 0.2) is 0 Å². The lowest BCUT2D eigenvalue weighted by molar-refractivity contribution is -0.134. The van der Waals surface area contributed by atoms with Gasteiger partial charge in [0, 0.05) is 26.4 Å². The summed E-state index contributed by atoms with van der Waals surface area (Å²) >= 11 is 0. The molecule has 0 aromatic heterocycles. The molecule has 0 saturated carbocycles. The Morgan fingerprint density at radius 1 is 1.53 bits per heavy atom. The van der Waals surface area contributed by atoms with Crippen molar-refractivity contribution in [3.05, 3.63) is 29.8 Å². The second-order valence-corrected chi connectivity index (χ2v) is 3.43. The van der Waals surface area contributed by atoms with Gasteiger partial charge in [0.1, 0.15) is 6.61 Å². The first kappa shape index (κ1) is 11.5. The van der Waals surface area contributed by atoms with Crippen LogP contribution in [-0.2, 0) is 16.1 Å². The van der Waals surface area contributed by atoms with E-state index in [9.17, 15) is 4.79 Å². The molecule has 0 heterocycles. The van der Waals surface area contributed by atoms with Crippen molar-refractivity contribution in [2.45, 2.75) is 6.54 Å². The molecule has 0 atom stereocenters. The Bertz CT molecular complexity index is 339. The van der Waals surface area contributed by atoms with Crippen molar-refractivity contribution in [1.82, 2.24) is 4.90 Å². The summed E-state index contributed by atoms with van der Waals surface area (Å²) in [5.41, 5.74) is 7.37. The lowest BCUT2D eigenvalue weighted by atomic mass is 10.2. The van der Waals surface area contributed by atoms with Crippen molar-refractivity contribution in [2.75, 3.05) is 26.5 Å². The van der Waals surface area contributed by atoms with Crippen LogP contribution in [0.2, 0.25) is 0 Å². The van der Waals surface area contributed by atoms with E-state index in [1.54, 1.807) is 11.9 Å². The average Bonchev–Trinajstić information content (AvgIpc) is 2.18. The molecule has 4 nitrogen and oxygen atoms in total. The van der Waals surface area contributed by atoms with Crippen LogP contribution in [0.5, 0.6) is 0 Å². The second-order valence-electron chi connectivity index (χ2n) is 3.43. The largest absolute Gasteiger partial charge is 0.399 e. The van der Waals surface area contributed by atoms with Gasteiger partial charge in [0.05, 0.1) is 0 Å². The zero-order valence-corrected chi connectivity index (χ0v) is 9.06. The van der Waals surface area contributed by atoms with Gasteiger partial charge in [0.2, 0.25) is 5.91 Å². The van der Waals surface area contributed by atoms with Crippen LogP contribution in [-0.4, -0.2) is 31.6 Å². The van der Waals surface area contributed by atoms with Gasteiger partial charge >= 0.3 is 0 Å². The number of anilines is 1. The Morgan fingerprint density at radius 3 is 2.87 bits per heavy atom. The molecule has 0 bridgehead atoms. The highest BCUT2D eigenvalue weighted by Gasteiger charge is 2.08. The first-order valence-corrected chi connectivity index (χ1v) is 4.71. The van der Waals surface area contributed by atoms with E-state index < -0.39 is 0 Å². The van der Waals surface area contributed by atoms with Gasteiger partial charge in [-0.25, -0.2) is 0 Å². The maximum absolute atomic E-state index is 11.4. The molecule has 4 heteroatoms. The third-order valence-corrected chi connectivity index (χ3v) is 2.06. The highest BCUT2D eigenvalue weighted by molar-refractivity contribution is 5.77. The zero-order valence-electron chi connectivity index (χ0n) is 9.06. The summed E-state index contributed by atoms with van der Waals surface area (Å²) in [5, 5.41) is 0. The molecule has 0 aliphatic heterocycles. The van der Waals surface area contributed by atoms with Gasteiger partial charge < -0.3 is 15.4 Å². The van der Waals surface area contributed by atoms with Crippen LogP contribution in [0.1, 0.15) is 5.56 Å². The lowest BCUT2D eigenvalue weighted by Gasteiger charge is -2.16. The molecule has 0 spiro atoms. The Morgan fingerprint density at radius 2 is 2.27 bits per heavy atom. The third-order valence-electron chi connectivity index (χ3n) is 2.06. The molecule has 82 valence electrons. The fourth-order valence-corrected chi connectivity index (χ4v) is 1.29. The number of amides is 1. The van der Waals surface area contributed by atoms with Crippen LogP contribution in [0, 0.1) is 0 Å². The van der Waals surface area contributed by atoms with Gasteiger partial charge in [-0.3, -0.25) is 4.79 Å². The topological polar surface area (TPSA) is 55.6 Å². The van der Waals surface area contributed by atoms with Gasteiger partial charge in [-0.15, -0.1) is 0 Å². The maximum Gasteiger partial charge on any atom is 0.248 e. The van der Waals surface area contributed by atoms with E-state index in [2.05, 4.69) is 0 Å². The minimum Gasteiger partial charge on any atom is -0.399 e. The number of methoxy groups -OCH3 is 1. The number of benzene rings is 1. The smallest absolute Gasteiger partial charge is 0.248 e. The number of hydrogen-bond acceptors (Lipinski definition) is 3. The highest BCUT2D eigenvalue weighted by atomic mass is 16.5. The molecule has 15 heavy (non-hydrogen) atoms. The number of ether oxygens (including phenoxy) is 1. The number of rotatable bonds is 4. The van der Waals surface area contributed by atoms with Crippen LogP contribution in [0.4, 0.5) is 5.69 Å². The Hall–Kier alpha value is -1.55. The Balaban J connectivity index is 2.58. The van der Waals surface area contributed by atoms with Crippen LogP contribution in [0.25, 0.3) is 0 Å². The first-order chi connectivity index (χ1) is 7.13. The van der Waals surface area contributed by atoms with Crippen LogP contribution in [0.15, 0.2) is 24.3 Å². The van der Waals surface area contributed by atoms with Gasteiger partial charge in [-0.05, 0) is 17.7 Å². The van der Waals surface area contributed by atoms with E-state index in [4.69, 9.17) is 10.5 Å². The van der Waals surface area contributed by atoms with Gasteiger partial charge in [-0.1, -0.05) is 12.1 Å². The van der Waals surface area contributed by atoms with Crippen molar-refractivity contribution in [2.24, 2.45) is 0 Å². The van der Waals surface area contributed by atoms with E-state index in [0.29, 0.717) is 12.2 Å². The first-order valence-electron chi connectivity index (χ1n) is 4.71. The molecule has 0 saturated heterocycles. The normalized spacial score (nSPS) is 10.0. The average molecular weight is 208 g/mol. The number of carbonyl (C=O) groups excluding carboxylic acids is 1. The molecule has 1 aromatic rings. The molecule has 0 radical (unpaired) electrons. The molecular weight excluding hydrogens is 192 g/mol. The quantitative estimate of drug-likeness (QED) is 0.747. The summed E-state index contributed by atoms with van der Waals surface area (Å²) < 4.78 is 4.77. The second kappa shape index (κ2) is 5.36. The Labute approximate surface area is 89.6 Å². The SMILES string of the molecule is COCC(=O)N(C)Cc1cccc(N)c1. The number of hydrogen-bond donors (Lipinski definition) is 1. The van der Waals surface area contributed by atoms with E-state index >= 15 is 0 Å². The van der Waals surface area contributed by atoms with Crippen molar-refractivity contribution in [3.63, 3.8) is 0 Å². The molecule has 2 N–H and O–H groups in total. The van der Waals surface area contributed by atoms with Crippen molar-refractivity contribution >= 4 is 11.6 Å². The Kier molecular flexibility index (Phi) is 4.12. The number of likely N-dealkylation sites (N-methyl/N-ethyl adjacent to an activating group) is 1. The maximum atomic E-state index is 11.4. The molecule has 1 amide bonds. The molecule has 1 rings (SSSR count). The number of carbonyl (C=O) groups is 1. The third kappa shape index (κ3) is 3.59.